The average molecular weight is 387 g/mol. The zero-order chi connectivity index (χ0) is 19.4. The smallest absolute Gasteiger partial charge is 0.200 e. The summed E-state index contributed by atoms with van der Waals surface area (Å²) in [6, 6.07) is 19.2. The molecule has 0 aliphatic carbocycles. The molecule has 0 amide bonds. The van der Waals surface area contributed by atoms with Gasteiger partial charge < -0.3 is 8.85 Å². The molecule has 5 heteroatoms. The molecule has 0 spiro atoms. The minimum absolute atomic E-state index is 0.0371. The summed E-state index contributed by atoms with van der Waals surface area (Å²) in [5.41, 5.74) is 0.385. The van der Waals surface area contributed by atoms with Gasteiger partial charge >= 0.3 is 0 Å². The fraction of sp³-hybridized carbons (Fsp3) is 0.381. The van der Waals surface area contributed by atoms with Gasteiger partial charge in [0.1, 0.15) is 0 Å². The first-order valence-electron chi connectivity index (χ1n) is 9.03. The van der Waals surface area contributed by atoms with Crippen molar-refractivity contribution in [1.29, 1.82) is 0 Å². The van der Waals surface area contributed by atoms with E-state index >= 15 is 0 Å². The van der Waals surface area contributed by atoms with E-state index in [1.54, 1.807) is 0 Å². The van der Waals surface area contributed by atoms with Crippen LogP contribution in [-0.2, 0) is 14.5 Å². The summed E-state index contributed by atoms with van der Waals surface area (Å²) in [7, 11) is -3.89. The highest BCUT2D eigenvalue weighted by Crippen LogP contribution is 2.34. The van der Waals surface area contributed by atoms with Crippen molar-refractivity contribution in [3.05, 3.63) is 71.8 Å². The van der Waals surface area contributed by atoms with Gasteiger partial charge in [-0.05, 0) is 44.8 Å². The Kier molecular flexibility index (Phi) is 6.39. The third-order valence-electron chi connectivity index (χ3n) is 3.83. The van der Waals surface area contributed by atoms with Crippen molar-refractivity contribution in [2.75, 3.05) is 6.61 Å². The minimum Gasteiger partial charge on any atom is -0.414 e. The fourth-order valence-electron chi connectivity index (χ4n) is 2.79. The van der Waals surface area contributed by atoms with Crippen LogP contribution in [0.25, 0.3) is 0 Å². The first-order valence-corrected chi connectivity index (χ1v) is 15.8. The molecule has 3 nitrogen and oxygen atoms in total. The lowest BCUT2D eigenvalue weighted by Crippen LogP contribution is -2.51. The number of ketones is 1. The van der Waals surface area contributed by atoms with E-state index < -0.39 is 22.2 Å². The lowest BCUT2D eigenvalue weighted by atomic mass is 9.86. The average Bonchev–Trinajstić information content (AvgIpc) is 2.58. The topological polar surface area (TPSA) is 35.5 Å². The third-order valence-corrected chi connectivity index (χ3v) is 5.80. The van der Waals surface area contributed by atoms with Crippen molar-refractivity contribution in [1.82, 2.24) is 0 Å². The standard InChI is InChI=1S/C21H30O3Si2/c1-25(2,3)23-17-21(24-26(4,5)6,19-15-11-8-12-16-19)20(22)18-13-9-7-10-14-18/h7-16H,17H2,1-6H3. The molecule has 2 aromatic rings. The molecule has 1 unspecified atom stereocenters. The van der Waals surface area contributed by atoms with Gasteiger partial charge in [-0.1, -0.05) is 60.7 Å². The molecule has 1 atom stereocenters. The third kappa shape index (κ3) is 5.48. The number of rotatable bonds is 8. The van der Waals surface area contributed by atoms with Crippen molar-refractivity contribution >= 4 is 22.4 Å². The molecule has 140 valence electrons. The molecular formula is C21H30O3Si2. The van der Waals surface area contributed by atoms with Crippen LogP contribution < -0.4 is 0 Å². The van der Waals surface area contributed by atoms with Crippen molar-refractivity contribution in [2.24, 2.45) is 0 Å². The summed E-state index contributed by atoms with van der Waals surface area (Å²) in [4.78, 5) is 13.7. The second kappa shape index (κ2) is 8.00. The molecule has 0 saturated carbocycles. The van der Waals surface area contributed by atoms with E-state index in [-0.39, 0.29) is 12.4 Å². The molecule has 0 fully saturated rings. The lowest BCUT2D eigenvalue weighted by molar-refractivity contribution is 0.0121. The van der Waals surface area contributed by atoms with Gasteiger partial charge in [0.05, 0.1) is 6.61 Å². The number of carbonyl (C=O) groups is 1. The molecule has 0 heterocycles. The Morgan fingerprint density at radius 1 is 0.808 bits per heavy atom. The first-order chi connectivity index (χ1) is 12.0. The maximum Gasteiger partial charge on any atom is 0.200 e. The van der Waals surface area contributed by atoms with Gasteiger partial charge in [0.2, 0.25) is 5.78 Å². The van der Waals surface area contributed by atoms with E-state index in [1.165, 1.54) is 0 Å². The van der Waals surface area contributed by atoms with Crippen LogP contribution in [-0.4, -0.2) is 29.0 Å². The summed E-state index contributed by atoms with van der Waals surface area (Å²) in [6.45, 7) is 13.0. The van der Waals surface area contributed by atoms with E-state index in [2.05, 4.69) is 39.3 Å². The zero-order valence-electron chi connectivity index (χ0n) is 16.7. The molecule has 0 aliphatic heterocycles. The summed E-state index contributed by atoms with van der Waals surface area (Å²) in [5, 5.41) is 0. The monoisotopic (exact) mass is 386 g/mol. The number of carbonyl (C=O) groups excluding carboxylic acids is 1. The van der Waals surface area contributed by atoms with Crippen molar-refractivity contribution in [3.63, 3.8) is 0 Å². The molecule has 0 saturated heterocycles. The highest BCUT2D eigenvalue weighted by Gasteiger charge is 2.46. The van der Waals surface area contributed by atoms with E-state index in [4.69, 9.17) is 8.85 Å². The maximum atomic E-state index is 13.7. The van der Waals surface area contributed by atoms with Crippen molar-refractivity contribution in [2.45, 2.75) is 44.9 Å². The number of Topliss-reactive ketones (excluding diaryl/α,β-unsaturated/α-hetero) is 1. The highest BCUT2D eigenvalue weighted by atomic mass is 28.4. The van der Waals surface area contributed by atoms with Crippen molar-refractivity contribution in [3.8, 4) is 0 Å². The maximum absolute atomic E-state index is 13.7. The Bertz CT molecular complexity index is 718. The second-order valence-corrected chi connectivity index (χ2v) is 17.4. The molecular weight excluding hydrogens is 356 g/mol. The van der Waals surface area contributed by atoms with Crippen LogP contribution in [0.5, 0.6) is 0 Å². The van der Waals surface area contributed by atoms with Gasteiger partial charge in [-0.15, -0.1) is 0 Å². The van der Waals surface area contributed by atoms with E-state index in [9.17, 15) is 4.79 Å². The van der Waals surface area contributed by atoms with E-state index in [0.717, 1.165) is 5.56 Å². The molecule has 0 radical (unpaired) electrons. The predicted molar refractivity (Wildman–Crippen MR) is 113 cm³/mol. The summed E-state index contributed by atoms with van der Waals surface area (Å²) >= 11 is 0. The molecule has 0 aromatic heterocycles. The SMILES string of the molecule is C[Si](C)(C)OCC(O[Si](C)(C)C)(C(=O)c1ccccc1)c1ccccc1. The Hall–Kier alpha value is -1.54. The molecule has 0 aliphatic rings. The second-order valence-electron chi connectivity index (χ2n) is 8.50. The number of hydrogen-bond acceptors (Lipinski definition) is 3. The van der Waals surface area contributed by atoms with Gasteiger partial charge in [-0.3, -0.25) is 4.79 Å². The molecule has 0 N–H and O–H groups in total. The predicted octanol–water partition coefficient (Wildman–Crippen LogP) is 5.47. The quantitative estimate of drug-likeness (QED) is 0.446. The molecule has 2 rings (SSSR count). The Morgan fingerprint density at radius 2 is 1.31 bits per heavy atom. The molecule has 2 aromatic carbocycles. The van der Waals surface area contributed by atoms with Gasteiger partial charge in [0, 0.05) is 5.56 Å². The molecule has 26 heavy (non-hydrogen) atoms. The summed E-state index contributed by atoms with van der Waals surface area (Å²) < 4.78 is 12.9. The lowest BCUT2D eigenvalue weighted by Gasteiger charge is -2.40. The highest BCUT2D eigenvalue weighted by molar-refractivity contribution is 6.70. The number of benzene rings is 2. The van der Waals surface area contributed by atoms with E-state index in [1.807, 2.05) is 60.7 Å². The van der Waals surface area contributed by atoms with Gasteiger partial charge in [-0.2, -0.15) is 0 Å². The van der Waals surface area contributed by atoms with Crippen LogP contribution in [0.3, 0.4) is 0 Å². The Balaban J connectivity index is 2.60. The number of hydrogen-bond donors (Lipinski definition) is 0. The van der Waals surface area contributed by atoms with Crippen LogP contribution in [0.15, 0.2) is 60.7 Å². The van der Waals surface area contributed by atoms with Crippen LogP contribution in [0.1, 0.15) is 15.9 Å². The summed E-state index contributed by atoms with van der Waals surface area (Å²) in [5.74, 6) is -0.0371. The van der Waals surface area contributed by atoms with Gasteiger partial charge in [-0.25, -0.2) is 0 Å². The normalized spacial score (nSPS) is 14.7. The molecule has 0 bridgehead atoms. The zero-order valence-corrected chi connectivity index (χ0v) is 18.7. The Morgan fingerprint density at radius 3 is 1.77 bits per heavy atom. The van der Waals surface area contributed by atoms with Gasteiger partial charge in [0.25, 0.3) is 0 Å². The Labute approximate surface area is 159 Å². The van der Waals surface area contributed by atoms with Crippen LogP contribution in [0.4, 0.5) is 0 Å². The van der Waals surface area contributed by atoms with Crippen LogP contribution in [0.2, 0.25) is 39.3 Å². The van der Waals surface area contributed by atoms with E-state index in [0.29, 0.717) is 5.56 Å². The minimum atomic E-state index is -2.05. The first kappa shape index (κ1) is 20.8. The fourth-order valence-corrected chi connectivity index (χ4v) is 4.74. The largest absolute Gasteiger partial charge is 0.414 e. The van der Waals surface area contributed by atoms with Gasteiger partial charge in [0.15, 0.2) is 22.2 Å². The summed E-state index contributed by atoms with van der Waals surface area (Å²) in [6.07, 6.45) is 0. The van der Waals surface area contributed by atoms with Crippen LogP contribution >= 0.6 is 0 Å². The van der Waals surface area contributed by atoms with Crippen molar-refractivity contribution < 1.29 is 13.6 Å². The van der Waals surface area contributed by atoms with Crippen LogP contribution in [0, 0.1) is 0 Å².